The summed E-state index contributed by atoms with van der Waals surface area (Å²) in [5, 5.41) is 2.21. The van der Waals surface area contributed by atoms with Crippen LogP contribution in [0.2, 0.25) is 0 Å². The molecule has 0 amide bonds. The van der Waals surface area contributed by atoms with Crippen LogP contribution >= 0.6 is 0 Å². The molecule has 9 heteroatoms. The first kappa shape index (κ1) is 13.1. The lowest BCUT2D eigenvalue weighted by molar-refractivity contribution is -0.278. The molecule has 0 radical (unpaired) electrons. The highest BCUT2D eigenvalue weighted by Gasteiger charge is 2.61. The summed E-state index contributed by atoms with van der Waals surface area (Å²) in [5.74, 6) is -2.83. The summed E-state index contributed by atoms with van der Waals surface area (Å²) < 4.78 is 76.4. The Morgan fingerprint density at radius 3 is 2.06 bits per heavy atom. The molecule has 1 heterocycles. The van der Waals surface area contributed by atoms with Crippen molar-refractivity contribution in [3.8, 4) is 0 Å². The number of ether oxygens (including phenoxy) is 1. The number of halogens is 6. The number of esters is 1. The van der Waals surface area contributed by atoms with Crippen LogP contribution < -0.4 is 5.32 Å². The number of hydrogen-bond acceptors (Lipinski definition) is 3. The van der Waals surface area contributed by atoms with Gasteiger partial charge in [0.1, 0.15) is 0 Å². The Bertz CT molecular complexity index is 278. The zero-order valence-corrected chi connectivity index (χ0v) is 7.71. The molecule has 0 aromatic rings. The molecule has 1 aliphatic rings. The second-order valence-electron chi connectivity index (χ2n) is 3.31. The van der Waals surface area contributed by atoms with Crippen LogP contribution in [0.5, 0.6) is 0 Å². The van der Waals surface area contributed by atoms with E-state index in [0.29, 0.717) is 0 Å². The van der Waals surface area contributed by atoms with E-state index in [-0.39, 0.29) is 6.54 Å². The Morgan fingerprint density at radius 1 is 1.19 bits per heavy atom. The summed E-state index contributed by atoms with van der Waals surface area (Å²) in [6, 6.07) is 0. The molecule has 1 rings (SSSR count). The van der Waals surface area contributed by atoms with E-state index in [0.717, 1.165) is 0 Å². The molecule has 0 aliphatic carbocycles. The Labute approximate surface area is 85.7 Å². The largest absolute Gasteiger partial charge is 0.490 e. The molecule has 1 saturated heterocycles. The smallest absolute Gasteiger partial charge is 0.441 e. The summed E-state index contributed by atoms with van der Waals surface area (Å²) in [4.78, 5) is 10.4. The SMILES string of the molecule is O=C(OC1(C(F)(F)F)CCNC1)C(F)(F)F. The molecule has 0 saturated carbocycles. The highest BCUT2D eigenvalue weighted by molar-refractivity contribution is 5.76. The molecule has 1 fully saturated rings. The summed E-state index contributed by atoms with van der Waals surface area (Å²) in [6.45, 7) is -1.02. The monoisotopic (exact) mass is 251 g/mol. The molecule has 1 N–H and O–H groups in total. The molecule has 16 heavy (non-hydrogen) atoms. The second-order valence-corrected chi connectivity index (χ2v) is 3.31. The second kappa shape index (κ2) is 3.79. The normalized spacial score (nSPS) is 26.9. The molecular weight excluding hydrogens is 244 g/mol. The van der Waals surface area contributed by atoms with Gasteiger partial charge in [0.05, 0.1) is 0 Å². The fourth-order valence-electron chi connectivity index (χ4n) is 1.29. The standard InChI is InChI=1S/C7H7F6NO2/c8-6(9,10)4(15)16-5(7(11,12)13)1-2-14-3-5/h14H,1-3H2. The van der Waals surface area contributed by atoms with E-state index in [9.17, 15) is 31.1 Å². The van der Waals surface area contributed by atoms with Crippen LogP contribution in [0.3, 0.4) is 0 Å². The van der Waals surface area contributed by atoms with Gasteiger partial charge in [-0.3, -0.25) is 0 Å². The molecule has 1 unspecified atom stereocenters. The lowest BCUT2D eigenvalue weighted by Gasteiger charge is -2.30. The first-order chi connectivity index (χ1) is 7.08. The summed E-state index contributed by atoms with van der Waals surface area (Å²) in [5.41, 5.74) is -3.07. The molecular formula is C7H7F6NO2. The average molecular weight is 251 g/mol. The van der Waals surface area contributed by atoms with Crippen LogP contribution in [-0.2, 0) is 9.53 Å². The number of alkyl halides is 6. The zero-order chi connectivity index (χ0) is 12.6. The maximum Gasteiger partial charge on any atom is 0.490 e. The van der Waals surface area contributed by atoms with Crippen LogP contribution in [0.25, 0.3) is 0 Å². The Balaban J connectivity index is 2.86. The highest BCUT2D eigenvalue weighted by Crippen LogP contribution is 2.39. The maximum absolute atomic E-state index is 12.5. The number of nitrogens with one attached hydrogen (secondary N) is 1. The van der Waals surface area contributed by atoms with Crippen LogP contribution in [0, 0.1) is 0 Å². The number of hydrogen-bond donors (Lipinski definition) is 1. The third-order valence-corrected chi connectivity index (χ3v) is 2.15. The number of rotatable bonds is 1. The van der Waals surface area contributed by atoms with Gasteiger partial charge >= 0.3 is 18.3 Å². The first-order valence-electron chi connectivity index (χ1n) is 4.16. The van der Waals surface area contributed by atoms with Crippen molar-refractivity contribution in [3.63, 3.8) is 0 Å². The van der Waals surface area contributed by atoms with Gasteiger partial charge in [-0.1, -0.05) is 0 Å². The van der Waals surface area contributed by atoms with Crippen molar-refractivity contribution in [1.82, 2.24) is 5.32 Å². The predicted molar refractivity (Wildman–Crippen MR) is 38.4 cm³/mol. The number of carbonyl (C=O) groups is 1. The minimum Gasteiger partial charge on any atom is -0.441 e. The topological polar surface area (TPSA) is 38.3 Å². The molecule has 1 atom stereocenters. The van der Waals surface area contributed by atoms with Crippen molar-refractivity contribution < 1.29 is 35.9 Å². The van der Waals surface area contributed by atoms with Gasteiger partial charge in [0.15, 0.2) is 0 Å². The molecule has 0 spiro atoms. The van der Waals surface area contributed by atoms with Crippen molar-refractivity contribution >= 4 is 5.97 Å². The van der Waals surface area contributed by atoms with Crippen molar-refractivity contribution in [1.29, 1.82) is 0 Å². The van der Waals surface area contributed by atoms with Gasteiger partial charge in [-0.2, -0.15) is 26.3 Å². The van der Waals surface area contributed by atoms with E-state index in [1.54, 1.807) is 0 Å². The molecule has 0 aromatic heterocycles. The third-order valence-electron chi connectivity index (χ3n) is 2.15. The predicted octanol–water partition coefficient (Wildman–Crippen LogP) is 1.39. The third kappa shape index (κ3) is 2.39. The van der Waals surface area contributed by atoms with E-state index in [2.05, 4.69) is 10.1 Å². The Morgan fingerprint density at radius 2 is 1.75 bits per heavy atom. The van der Waals surface area contributed by atoms with Gasteiger partial charge in [0, 0.05) is 13.0 Å². The minimum absolute atomic E-state index is 0.162. The minimum atomic E-state index is -5.43. The van der Waals surface area contributed by atoms with Crippen LogP contribution in [-0.4, -0.2) is 37.0 Å². The fourth-order valence-corrected chi connectivity index (χ4v) is 1.29. The first-order valence-corrected chi connectivity index (χ1v) is 4.16. The van der Waals surface area contributed by atoms with Gasteiger partial charge in [0.25, 0.3) is 0 Å². The van der Waals surface area contributed by atoms with E-state index in [1.165, 1.54) is 0 Å². The fraction of sp³-hybridized carbons (Fsp3) is 0.857. The molecule has 0 aromatic carbocycles. The van der Waals surface area contributed by atoms with Gasteiger partial charge in [-0.25, -0.2) is 4.79 Å². The summed E-state index contributed by atoms with van der Waals surface area (Å²) in [7, 11) is 0. The quantitative estimate of drug-likeness (QED) is 0.565. The highest BCUT2D eigenvalue weighted by atomic mass is 19.4. The zero-order valence-electron chi connectivity index (χ0n) is 7.71. The summed E-state index contributed by atoms with van der Waals surface area (Å²) in [6.07, 6.45) is -11.2. The van der Waals surface area contributed by atoms with Crippen molar-refractivity contribution in [3.05, 3.63) is 0 Å². The lowest BCUT2D eigenvalue weighted by Crippen LogP contribution is -2.52. The van der Waals surface area contributed by atoms with Crippen molar-refractivity contribution in [2.75, 3.05) is 13.1 Å². The van der Waals surface area contributed by atoms with Gasteiger partial charge in [-0.05, 0) is 6.54 Å². The van der Waals surface area contributed by atoms with Gasteiger partial charge < -0.3 is 10.1 Å². The lowest BCUT2D eigenvalue weighted by atomic mass is 10.0. The number of carbonyl (C=O) groups excluding carboxylic acids is 1. The molecule has 1 aliphatic heterocycles. The van der Waals surface area contributed by atoms with E-state index in [1.807, 2.05) is 0 Å². The summed E-state index contributed by atoms with van der Waals surface area (Å²) >= 11 is 0. The molecule has 3 nitrogen and oxygen atoms in total. The van der Waals surface area contributed by atoms with Crippen molar-refractivity contribution in [2.45, 2.75) is 24.4 Å². The van der Waals surface area contributed by atoms with Crippen LogP contribution in [0.15, 0.2) is 0 Å². The molecule has 0 bridgehead atoms. The van der Waals surface area contributed by atoms with E-state index in [4.69, 9.17) is 0 Å². The van der Waals surface area contributed by atoms with Crippen LogP contribution in [0.4, 0.5) is 26.3 Å². The Hall–Kier alpha value is -0.990. The van der Waals surface area contributed by atoms with E-state index < -0.39 is 36.9 Å². The van der Waals surface area contributed by atoms with Crippen molar-refractivity contribution in [2.24, 2.45) is 0 Å². The average Bonchev–Trinajstić information content (AvgIpc) is 2.50. The van der Waals surface area contributed by atoms with E-state index >= 15 is 0 Å². The van der Waals surface area contributed by atoms with Gasteiger partial charge in [-0.15, -0.1) is 0 Å². The Kier molecular flexibility index (Phi) is 3.10. The maximum atomic E-state index is 12.5. The molecule has 94 valence electrons. The van der Waals surface area contributed by atoms with Gasteiger partial charge in [0.2, 0.25) is 5.60 Å². The van der Waals surface area contributed by atoms with Crippen LogP contribution in [0.1, 0.15) is 6.42 Å².